The molecule has 1 aromatic heterocycles. The molecule has 0 aliphatic heterocycles. The lowest BCUT2D eigenvalue weighted by atomic mass is 9.82. The molecular weight excluding hydrogens is 192 g/mol. The molecule has 0 radical (unpaired) electrons. The van der Waals surface area contributed by atoms with E-state index in [0.717, 1.165) is 25.7 Å². The van der Waals surface area contributed by atoms with Crippen LogP contribution >= 0.6 is 0 Å². The largest absolute Gasteiger partial charge is 0.344 e. The Kier molecular flexibility index (Phi) is 2.65. The maximum absolute atomic E-state index is 6.28. The summed E-state index contributed by atoms with van der Waals surface area (Å²) >= 11 is 0. The van der Waals surface area contributed by atoms with Crippen molar-refractivity contribution in [3.05, 3.63) is 5.89 Å². The second-order valence-electron chi connectivity index (χ2n) is 4.51. The van der Waals surface area contributed by atoms with E-state index in [1.54, 1.807) is 0 Å². The first-order chi connectivity index (χ1) is 7.12. The van der Waals surface area contributed by atoms with E-state index in [1.807, 2.05) is 19.0 Å². The molecule has 0 aromatic carbocycles. The van der Waals surface area contributed by atoms with E-state index in [2.05, 4.69) is 10.1 Å². The summed E-state index contributed by atoms with van der Waals surface area (Å²) in [6, 6.07) is 0. The molecule has 0 atom stereocenters. The summed E-state index contributed by atoms with van der Waals surface area (Å²) in [5.74, 6) is 1.19. The van der Waals surface area contributed by atoms with Crippen LogP contribution in [0.25, 0.3) is 0 Å². The number of hydrogen-bond donors (Lipinski definition) is 1. The van der Waals surface area contributed by atoms with Crippen LogP contribution in [0, 0.1) is 0 Å². The maximum atomic E-state index is 6.28. The summed E-state index contributed by atoms with van der Waals surface area (Å²) in [4.78, 5) is 6.15. The fourth-order valence-electron chi connectivity index (χ4n) is 2.00. The highest BCUT2D eigenvalue weighted by Crippen LogP contribution is 2.34. The lowest BCUT2D eigenvalue weighted by Crippen LogP contribution is -2.39. The van der Waals surface area contributed by atoms with E-state index < -0.39 is 0 Å². The molecule has 1 heterocycles. The molecule has 84 valence electrons. The van der Waals surface area contributed by atoms with Gasteiger partial charge in [0.25, 0.3) is 5.95 Å². The molecule has 0 bridgehead atoms. The molecular formula is C10H18N4O. The molecule has 2 N–H and O–H groups in total. The molecule has 1 saturated carbocycles. The van der Waals surface area contributed by atoms with E-state index in [4.69, 9.17) is 10.3 Å². The van der Waals surface area contributed by atoms with E-state index in [-0.39, 0.29) is 5.54 Å². The zero-order chi connectivity index (χ0) is 10.9. The first kappa shape index (κ1) is 10.4. The average Bonchev–Trinajstić information content (AvgIpc) is 2.68. The van der Waals surface area contributed by atoms with Gasteiger partial charge in [0.15, 0.2) is 0 Å². The standard InChI is InChI=1S/C10H18N4O/c1-14(2)9-12-8(15-13-9)10(11)6-4-3-5-7-10/h3-7,11H2,1-2H3. The van der Waals surface area contributed by atoms with Crippen LogP contribution in [0.2, 0.25) is 0 Å². The monoisotopic (exact) mass is 210 g/mol. The average molecular weight is 210 g/mol. The van der Waals surface area contributed by atoms with Crippen molar-refractivity contribution in [1.82, 2.24) is 10.1 Å². The van der Waals surface area contributed by atoms with Gasteiger partial charge in [0, 0.05) is 14.1 Å². The normalized spacial score (nSPS) is 20.2. The zero-order valence-electron chi connectivity index (χ0n) is 9.36. The van der Waals surface area contributed by atoms with Gasteiger partial charge in [-0.05, 0) is 18.0 Å². The molecule has 0 unspecified atom stereocenters. The van der Waals surface area contributed by atoms with Crippen molar-refractivity contribution < 1.29 is 4.52 Å². The van der Waals surface area contributed by atoms with Gasteiger partial charge in [-0.15, -0.1) is 0 Å². The lowest BCUT2D eigenvalue weighted by Gasteiger charge is -2.29. The number of nitrogens with zero attached hydrogens (tertiary/aromatic N) is 3. The Morgan fingerprint density at radius 1 is 1.27 bits per heavy atom. The summed E-state index contributed by atoms with van der Waals surface area (Å²) < 4.78 is 5.24. The molecule has 5 heteroatoms. The van der Waals surface area contributed by atoms with E-state index in [0.29, 0.717) is 11.8 Å². The summed E-state index contributed by atoms with van der Waals surface area (Å²) in [5.41, 5.74) is 5.89. The topological polar surface area (TPSA) is 68.2 Å². The quantitative estimate of drug-likeness (QED) is 0.795. The van der Waals surface area contributed by atoms with Gasteiger partial charge in [-0.25, -0.2) is 0 Å². The Hall–Kier alpha value is -1.10. The van der Waals surface area contributed by atoms with Gasteiger partial charge in [0.1, 0.15) is 0 Å². The van der Waals surface area contributed by atoms with Crippen LogP contribution < -0.4 is 10.6 Å². The van der Waals surface area contributed by atoms with Crippen molar-refractivity contribution in [3.8, 4) is 0 Å². The minimum Gasteiger partial charge on any atom is -0.344 e. The highest BCUT2D eigenvalue weighted by Gasteiger charge is 2.35. The van der Waals surface area contributed by atoms with Crippen molar-refractivity contribution >= 4 is 5.95 Å². The van der Waals surface area contributed by atoms with Crippen molar-refractivity contribution in [2.45, 2.75) is 37.6 Å². The smallest absolute Gasteiger partial charge is 0.265 e. The Labute approximate surface area is 89.6 Å². The number of nitrogens with two attached hydrogens (primary N) is 1. The van der Waals surface area contributed by atoms with Gasteiger partial charge in [-0.2, -0.15) is 4.98 Å². The minimum atomic E-state index is -0.389. The van der Waals surface area contributed by atoms with Crippen LogP contribution in [-0.2, 0) is 5.54 Å². The summed E-state index contributed by atoms with van der Waals surface area (Å²) in [6.07, 6.45) is 5.45. The highest BCUT2D eigenvalue weighted by molar-refractivity contribution is 5.25. The van der Waals surface area contributed by atoms with Gasteiger partial charge in [0.05, 0.1) is 5.54 Å². The molecule has 2 rings (SSSR count). The van der Waals surface area contributed by atoms with E-state index >= 15 is 0 Å². The first-order valence-electron chi connectivity index (χ1n) is 5.42. The second kappa shape index (κ2) is 3.81. The zero-order valence-corrected chi connectivity index (χ0v) is 9.36. The third-order valence-electron chi connectivity index (χ3n) is 2.99. The van der Waals surface area contributed by atoms with Crippen LogP contribution in [0.4, 0.5) is 5.95 Å². The van der Waals surface area contributed by atoms with Crippen LogP contribution in [0.1, 0.15) is 38.0 Å². The lowest BCUT2D eigenvalue weighted by molar-refractivity contribution is 0.220. The fraction of sp³-hybridized carbons (Fsp3) is 0.800. The van der Waals surface area contributed by atoms with Gasteiger partial charge < -0.3 is 15.2 Å². The molecule has 1 fully saturated rings. The molecule has 1 aliphatic carbocycles. The molecule has 15 heavy (non-hydrogen) atoms. The van der Waals surface area contributed by atoms with Crippen molar-refractivity contribution in [1.29, 1.82) is 0 Å². The van der Waals surface area contributed by atoms with E-state index in [1.165, 1.54) is 6.42 Å². The molecule has 0 amide bonds. The molecule has 0 spiro atoms. The van der Waals surface area contributed by atoms with Crippen molar-refractivity contribution in [2.24, 2.45) is 5.73 Å². The Bertz CT molecular complexity index is 328. The van der Waals surface area contributed by atoms with Crippen LogP contribution in [0.5, 0.6) is 0 Å². The minimum absolute atomic E-state index is 0.389. The van der Waals surface area contributed by atoms with Gasteiger partial charge in [0.2, 0.25) is 5.89 Å². The Morgan fingerprint density at radius 3 is 2.47 bits per heavy atom. The Morgan fingerprint density at radius 2 is 1.93 bits per heavy atom. The van der Waals surface area contributed by atoms with Crippen LogP contribution in [0.15, 0.2) is 4.52 Å². The number of aromatic nitrogens is 2. The molecule has 1 aromatic rings. The number of rotatable bonds is 2. The Balaban J connectivity index is 2.20. The second-order valence-corrected chi connectivity index (χ2v) is 4.51. The summed E-state index contributed by atoms with van der Waals surface area (Å²) in [5, 5.41) is 3.90. The van der Waals surface area contributed by atoms with Crippen LogP contribution in [0.3, 0.4) is 0 Å². The molecule has 1 aliphatic rings. The van der Waals surface area contributed by atoms with Crippen LogP contribution in [-0.4, -0.2) is 24.2 Å². The summed E-state index contributed by atoms with van der Waals surface area (Å²) in [7, 11) is 3.78. The summed E-state index contributed by atoms with van der Waals surface area (Å²) in [6.45, 7) is 0. The van der Waals surface area contributed by atoms with Gasteiger partial charge in [-0.1, -0.05) is 19.3 Å². The van der Waals surface area contributed by atoms with E-state index in [9.17, 15) is 0 Å². The SMILES string of the molecule is CN(C)c1noc(C2(N)CCCCC2)n1. The van der Waals surface area contributed by atoms with Crippen molar-refractivity contribution in [3.63, 3.8) is 0 Å². The molecule has 0 saturated heterocycles. The third kappa shape index (κ3) is 1.97. The number of hydrogen-bond acceptors (Lipinski definition) is 5. The first-order valence-corrected chi connectivity index (χ1v) is 5.42. The van der Waals surface area contributed by atoms with Gasteiger partial charge in [-0.3, -0.25) is 0 Å². The third-order valence-corrected chi connectivity index (χ3v) is 2.99. The highest BCUT2D eigenvalue weighted by atomic mass is 16.5. The maximum Gasteiger partial charge on any atom is 0.265 e. The number of anilines is 1. The molecule has 5 nitrogen and oxygen atoms in total. The fourth-order valence-corrected chi connectivity index (χ4v) is 2.00. The van der Waals surface area contributed by atoms with Crippen molar-refractivity contribution in [2.75, 3.05) is 19.0 Å². The predicted molar refractivity (Wildman–Crippen MR) is 57.6 cm³/mol. The van der Waals surface area contributed by atoms with Gasteiger partial charge >= 0.3 is 0 Å². The predicted octanol–water partition coefficient (Wildman–Crippen LogP) is 1.25.